The van der Waals surface area contributed by atoms with Crippen molar-refractivity contribution in [2.75, 3.05) is 12.0 Å². The standard InChI is InChI=1S/C6H8ClN5O2/c1-2-14-5(13)4(7)10-12-6-8-3-9-11-6/h3H,2H2,1H3,(H2,8,9,11,12)/b10-4+. The van der Waals surface area contributed by atoms with Crippen molar-refractivity contribution in [3.05, 3.63) is 6.33 Å². The fraction of sp³-hybridized carbons (Fsp3) is 0.333. The lowest BCUT2D eigenvalue weighted by Crippen LogP contribution is -2.13. The van der Waals surface area contributed by atoms with Crippen LogP contribution < -0.4 is 5.43 Å². The number of H-pyrrole nitrogens is 1. The summed E-state index contributed by atoms with van der Waals surface area (Å²) in [5.74, 6) is -0.409. The van der Waals surface area contributed by atoms with E-state index in [-0.39, 0.29) is 17.7 Å². The molecule has 0 radical (unpaired) electrons. The number of aromatic nitrogens is 3. The maximum atomic E-state index is 10.9. The molecular weight excluding hydrogens is 210 g/mol. The fourth-order valence-electron chi connectivity index (χ4n) is 0.598. The Kier molecular flexibility index (Phi) is 3.86. The number of esters is 1. The summed E-state index contributed by atoms with van der Waals surface area (Å²) >= 11 is 5.48. The Balaban J connectivity index is 2.48. The summed E-state index contributed by atoms with van der Waals surface area (Å²) in [4.78, 5) is 14.6. The molecule has 0 unspecified atom stereocenters. The molecule has 1 aromatic heterocycles. The summed E-state index contributed by atoms with van der Waals surface area (Å²) in [5, 5.41) is 9.23. The van der Waals surface area contributed by atoms with Gasteiger partial charge in [0.1, 0.15) is 6.33 Å². The topological polar surface area (TPSA) is 92.3 Å². The zero-order valence-electron chi connectivity index (χ0n) is 7.32. The van der Waals surface area contributed by atoms with Crippen LogP contribution in [0.5, 0.6) is 0 Å². The highest BCUT2D eigenvalue weighted by Crippen LogP contribution is 1.95. The molecule has 76 valence electrons. The van der Waals surface area contributed by atoms with Crippen LogP contribution in [0.4, 0.5) is 5.95 Å². The van der Waals surface area contributed by atoms with E-state index in [1.54, 1.807) is 6.92 Å². The molecule has 0 bridgehead atoms. The highest BCUT2D eigenvalue weighted by atomic mass is 35.5. The van der Waals surface area contributed by atoms with Crippen LogP contribution >= 0.6 is 11.6 Å². The Morgan fingerprint density at radius 2 is 2.64 bits per heavy atom. The average Bonchev–Trinajstić information content (AvgIpc) is 2.67. The summed E-state index contributed by atoms with van der Waals surface area (Å²) in [6, 6.07) is 0. The summed E-state index contributed by atoms with van der Waals surface area (Å²) in [6.07, 6.45) is 1.29. The first-order valence-electron chi connectivity index (χ1n) is 3.75. The molecule has 2 N–H and O–H groups in total. The van der Waals surface area contributed by atoms with Crippen LogP contribution in [0, 0.1) is 0 Å². The lowest BCUT2D eigenvalue weighted by molar-refractivity contribution is -0.134. The molecule has 0 saturated heterocycles. The maximum absolute atomic E-state index is 10.9. The lowest BCUT2D eigenvalue weighted by atomic mass is 10.7. The molecule has 7 nitrogen and oxygen atoms in total. The Hall–Kier alpha value is -1.63. The molecule has 0 fully saturated rings. The van der Waals surface area contributed by atoms with E-state index in [4.69, 9.17) is 11.6 Å². The van der Waals surface area contributed by atoms with Crippen LogP contribution in [0.1, 0.15) is 6.92 Å². The van der Waals surface area contributed by atoms with Crippen LogP contribution in [0.2, 0.25) is 0 Å². The van der Waals surface area contributed by atoms with Crippen molar-refractivity contribution in [2.45, 2.75) is 6.92 Å². The number of hydrazone groups is 1. The molecule has 0 aliphatic rings. The monoisotopic (exact) mass is 217 g/mol. The number of nitrogens with zero attached hydrogens (tertiary/aromatic N) is 3. The van der Waals surface area contributed by atoms with Crippen LogP contribution in [0.3, 0.4) is 0 Å². The van der Waals surface area contributed by atoms with Gasteiger partial charge in [0.25, 0.3) is 0 Å². The second-order valence-electron chi connectivity index (χ2n) is 2.07. The fourth-order valence-corrected chi connectivity index (χ4v) is 0.694. The Labute approximate surface area is 84.5 Å². The van der Waals surface area contributed by atoms with Crippen LogP contribution in [0.25, 0.3) is 0 Å². The summed E-state index contributed by atoms with van der Waals surface area (Å²) < 4.78 is 4.59. The number of anilines is 1. The minimum atomic E-state index is -0.693. The molecule has 8 heteroatoms. The first-order valence-corrected chi connectivity index (χ1v) is 4.13. The summed E-state index contributed by atoms with van der Waals surface area (Å²) in [5.41, 5.74) is 2.39. The Morgan fingerprint density at radius 3 is 3.21 bits per heavy atom. The summed E-state index contributed by atoms with van der Waals surface area (Å²) in [7, 11) is 0. The smallest absolute Gasteiger partial charge is 0.370 e. The van der Waals surface area contributed by atoms with E-state index in [9.17, 15) is 4.79 Å². The number of carbonyl (C=O) groups excluding carboxylic acids is 1. The van der Waals surface area contributed by atoms with Crippen molar-refractivity contribution in [3.8, 4) is 0 Å². The minimum absolute atomic E-state index is 0.243. The molecule has 1 rings (SSSR count). The van der Waals surface area contributed by atoms with Gasteiger partial charge in [0, 0.05) is 0 Å². The van der Waals surface area contributed by atoms with E-state index in [0.717, 1.165) is 0 Å². The van der Waals surface area contributed by atoms with E-state index < -0.39 is 5.97 Å². The number of hydrogen-bond acceptors (Lipinski definition) is 6. The first-order chi connectivity index (χ1) is 6.74. The van der Waals surface area contributed by atoms with Crippen molar-refractivity contribution >= 4 is 28.7 Å². The number of aromatic amines is 1. The molecule has 0 spiro atoms. The van der Waals surface area contributed by atoms with Gasteiger partial charge < -0.3 is 4.74 Å². The van der Waals surface area contributed by atoms with Gasteiger partial charge in [-0.3, -0.25) is 0 Å². The normalized spacial score (nSPS) is 11.1. The number of halogens is 1. The molecule has 0 aliphatic heterocycles. The molecule has 0 aromatic carbocycles. The van der Waals surface area contributed by atoms with Gasteiger partial charge in [0.05, 0.1) is 6.61 Å². The predicted molar refractivity (Wildman–Crippen MR) is 49.9 cm³/mol. The highest BCUT2D eigenvalue weighted by Gasteiger charge is 2.08. The van der Waals surface area contributed by atoms with Gasteiger partial charge in [-0.05, 0) is 6.92 Å². The van der Waals surface area contributed by atoms with Crippen molar-refractivity contribution in [1.29, 1.82) is 0 Å². The average molecular weight is 218 g/mol. The van der Waals surface area contributed by atoms with Crippen molar-refractivity contribution in [3.63, 3.8) is 0 Å². The van der Waals surface area contributed by atoms with Gasteiger partial charge in [0.2, 0.25) is 11.1 Å². The molecular formula is C6H8ClN5O2. The Morgan fingerprint density at radius 1 is 1.86 bits per heavy atom. The second kappa shape index (κ2) is 5.18. The quantitative estimate of drug-likeness (QED) is 0.431. The number of carbonyl (C=O) groups is 1. The minimum Gasteiger partial charge on any atom is -0.461 e. The largest absolute Gasteiger partial charge is 0.461 e. The van der Waals surface area contributed by atoms with Crippen molar-refractivity contribution in [1.82, 2.24) is 15.2 Å². The molecule has 0 saturated carbocycles. The molecule has 0 amide bonds. The number of hydrogen-bond donors (Lipinski definition) is 2. The van der Waals surface area contributed by atoms with E-state index in [2.05, 4.69) is 30.4 Å². The number of nitrogens with one attached hydrogen (secondary N) is 2. The highest BCUT2D eigenvalue weighted by molar-refractivity contribution is 6.82. The number of rotatable bonds is 4. The van der Waals surface area contributed by atoms with E-state index in [1.165, 1.54) is 6.33 Å². The molecule has 14 heavy (non-hydrogen) atoms. The van der Waals surface area contributed by atoms with Crippen molar-refractivity contribution in [2.24, 2.45) is 5.10 Å². The van der Waals surface area contributed by atoms with Crippen LogP contribution in [-0.4, -0.2) is 32.9 Å². The zero-order chi connectivity index (χ0) is 10.4. The van der Waals surface area contributed by atoms with Gasteiger partial charge >= 0.3 is 5.97 Å². The third kappa shape index (κ3) is 3.02. The lowest BCUT2D eigenvalue weighted by Gasteiger charge is -1.98. The molecule has 0 atom stereocenters. The van der Waals surface area contributed by atoms with Gasteiger partial charge in [-0.15, -0.1) is 0 Å². The van der Waals surface area contributed by atoms with Gasteiger partial charge in [-0.2, -0.15) is 15.2 Å². The molecule has 0 aliphatic carbocycles. The number of ether oxygens (including phenoxy) is 1. The van der Waals surface area contributed by atoms with Gasteiger partial charge in [-0.25, -0.2) is 15.3 Å². The molecule has 1 aromatic rings. The third-order valence-corrected chi connectivity index (χ3v) is 1.36. The van der Waals surface area contributed by atoms with Crippen molar-refractivity contribution < 1.29 is 9.53 Å². The zero-order valence-corrected chi connectivity index (χ0v) is 8.08. The van der Waals surface area contributed by atoms with E-state index in [1.807, 2.05) is 0 Å². The van der Waals surface area contributed by atoms with Gasteiger partial charge in [0.15, 0.2) is 0 Å². The molecule has 1 heterocycles. The van der Waals surface area contributed by atoms with Crippen LogP contribution in [0.15, 0.2) is 11.4 Å². The summed E-state index contributed by atoms with van der Waals surface area (Å²) in [6.45, 7) is 1.92. The predicted octanol–water partition coefficient (Wildman–Crippen LogP) is 0.332. The first kappa shape index (κ1) is 10.5. The van der Waals surface area contributed by atoms with Crippen LogP contribution in [-0.2, 0) is 9.53 Å². The Bertz CT molecular complexity index is 323. The van der Waals surface area contributed by atoms with Gasteiger partial charge in [-0.1, -0.05) is 11.6 Å². The van der Waals surface area contributed by atoms with E-state index in [0.29, 0.717) is 0 Å². The van der Waals surface area contributed by atoms with E-state index >= 15 is 0 Å². The SMILES string of the molecule is CCOC(=O)/C(Cl)=N\Nc1ncn[nH]1. The third-order valence-electron chi connectivity index (χ3n) is 1.12. The second-order valence-corrected chi connectivity index (χ2v) is 2.43. The maximum Gasteiger partial charge on any atom is 0.370 e.